The fourth-order valence-corrected chi connectivity index (χ4v) is 4.72. The zero-order valence-corrected chi connectivity index (χ0v) is 16.0. The Kier molecular flexibility index (Phi) is 5.64. The van der Waals surface area contributed by atoms with E-state index in [1.54, 1.807) is 6.07 Å². The molecule has 1 spiro atoms. The van der Waals surface area contributed by atoms with Crippen LogP contribution in [0.3, 0.4) is 0 Å². The van der Waals surface area contributed by atoms with Crippen LogP contribution >= 0.6 is 0 Å². The Labute approximate surface area is 160 Å². The molecule has 0 bridgehead atoms. The molecule has 3 aliphatic heterocycles. The summed E-state index contributed by atoms with van der Waals surface area (Å²) in [7, 11) is 0. The van der Waals surface area contributed by atoms with E-state index in [1.807, 2.05) is 17.0 Å². The van der Waals surface area contributed by atoms with Crippen LogP contribution in [0.25, 0.3) is 0 Å². The molecule has 2 amide bonds. The first-order chi connectivity index (χ1) is 13.1. The van der Waals surface area contributed by atoms with Gasteiger partial charge in [-0.2, -0.15) is 0 Å². The summed E-state index contributed by atoms with van der Waals surface area (Å²) in [6.45, 7) is 4.74. The first-order valence-corrected chi connectivity index (χ1v) is 10.3. The van der Waals surface area contributed by atoms with Gasteiger partial charge in [-0.1, -0.05) is 18.2 Å². The fraction of sp³-hybridized carbons (Fsp3) is 0.667. The van der Waals surface area contributed by atoms with Crippen molar-refractivity contribution in [1.82, 2.24) is 15.1 Å². The number of ether oxygens (including phenoxy) is 1. The summed E-state index contributed by atoms with van der Waals surface area (Å²) in [4.78, 5) is 16.9. The molecule has 5 nitrogen and oxygen atoms in total. The van der Waals surface area contributed by atoms with Gasteiger partial charge in [0.05, 0.1) is 5.60 Å². The molecule has 0 unspecified atom stereocenters. The Hall–Kier alpha value is -1.66. The number of rotatable bonds is 3. The molecule has 1 atom stereocenters. The van der Waals surface area contributed by atoms with E-state index in [-0.39, 0.29) is 23.5 Å². The minimum Gasteiger partial charge on any atom is -0.375 e. The average molecular weight is 375 g/mol. The largest absolute Gasteiger partial charge is 0.375 e. The molecule has 6 heteroatoms. The molecule has 3 saturated heterocycles. The van der Waals surface area contributed by atoms with Gasteiger partial charge in [0, 0.05) is 44.4 Å². The zero-order valence-electron chi connectivity index (χ0n) is 16.0. The summed E-state index contributed by atoms with van der Waals surface area (Å²) in [6.07, 6.45) is 6.19. The van der Waals surface area contributed by atoms with E-state index in [4.69, 9.17) is 4.74 Å². The highest BCUT2D eigenvalue weighted by Gasteiger charge is 2.39. The number of halogens is 1. The summed E-state index contributed by atoms with van der Waals surface area (Å²) >= 11 is 0. The van der Waals surface area contributed by atoms with Crippen LogP contribution < -0.4 is 5.32 Å². The predicted molar refractivity (Wildman–Crippen MR) is 102 cm³/mol. The van der Waals surface area contributed by atoms with E-state index >= 15 is 0 Å². The smallest absolute Gasteiger partial charge is 0.317 e. The first-order valence-electron chi connectivity index (χ1n) is 10.3. The number of carbonyl (C=O) groups is 1. The number of nitrogens with one attached hydrogen (secondary N) is 1. The van der Waals surface area contributed by atoms with Crippen molar-refractivity contribution in [3.63, 3.8) is 0 Å². The number of piperidine rings is 2. The SMILES string of the molecule is O=C(N[C@@H]1CCCN(Cc2ccccc2F)C1)N1CCC2(CCCO2)CC1. The second kappa shape index (κ2) is 8.15. The number of carbonyl (C=O) groups excluding carboxylic acids is 1. The summed E-state index contributed by atoms with van der Waals surface area (Å²) in [6, 6.07) is 7.12. The molecule has 27 heavy (non-hydrogen) atoms. The van der Waals surface area contributed by atoms with E-state index in [0.717, 1.165) is 76.9 Å². The standard InChI is InChI=1S/C21H30FN3O2/c22-19-7-2-1-5-17(19)15-24-11-3-6-18(16-24)23-20(26)25-12-9-21(10-13-25)8-4-14-27-21/h1-2,5,7,18H,3-4,6,8-16H2,(H,23,26)/t18-/m1/s1. The molecule has 3 fully saturated rings. The van der Waals surface area contributed by atoms with E-state index in [1.165, 1.54) is 6.07 Å². The Morgan fingerprint density at radius 1 is 1.19 bits per heavy atom. The van der Waals surface area contributed by atoms with Crippen molar-refractivity contribution in [3.8, 4) is 0 Å². The molecule has 0 aromatic heterocycles. The molecule has 148 valence electrons. The van der Waals surface area contributed by atoms with Crippen LogP contribution in [0.5, 0.6) is 0 Å². The molecule has 1 aromatic carbocycles. The van der Waals surface area contributed by atoms with Gasteiger partial charge in [-0.3, -0.25) is 4.90 Å². The second-order valence-electron chi connectivity index (χ2n) is 8.24. The maximum Gasteiger partial charge on any atom is 0.317 e. The Bertz CT molecular complexity index is 653. The van der Waals surface area contributed by atoms with Gasteiger partial charge in [-0.05, 0) is 51.1 Å². The highest BCUT2D eigenvalue weighted by molar-refractivity contribution is 5.74. The van der Waals surface area contributed by atoms with Gasteiger partial charge in [-0.25, -0.2) is 9.18 Å². The first kappa shape index (κ1) is 18.7. The van der Waals surface area contributed by atoms with Crippen molar-refractivity contribution in [2.45, 2.75) is 56.7 Å². The van der Waals surface area contributed by atoms with Gasteiger partial charge in [0.25, 0.3) is 0 Å². The number of likely N-dealkylation sites (tertiary alicyclic amines) is 2. The molecular formula is C21H30FN3O2. The highest BCUT2D eigenvalue weighted by atomic mass is 19.1. The quantitative estimate of drug-likeness (QED) is 0.883. The molecule has 1 aromatic rings. The van der Waals surface area contributed by atoms with Crippen molar-refractivity contribution in [1.29, 1.82) is 0 Å². The van der Waals surface area contributed by atoms with Crippen LogP contribution in [0.4, 0.5) is 9.18 Å². The maximum atomic E-state index is 13.9. The maximum absolute atomic E-state index is 13.9. The normalized spacial score (nSPS) is 25.7. The number of benzene rings is 1. The van der Waals surface area contributed by atoms with Crippen molar-refractivity contribution >= 4 is 6.03 Å². The van der Waals surface area contributed by atoms with Gasteiger partial charge in [0.15, 0.2) is 0 Å². The number of amides is 2. The minimum absolute atomic E-state index is 0.0399. The third-order valence-corrected chi connectivity index (χ3v) is 6.33. The van der Waals surface area contributed by atoms with Crippen LogP contribution in [0.15, 0.2) is 24.3 Å². The predicted octanol–water partition coefficient (Wildman–Crippen LogP) is 3.14. The lowest BCUT2D eigenvalue weighted by Crippen LogP contribution is -2.54. The van der Waals surface area contributed by atoms with Crippen LogP contribution in [0.2, 0.25) is 0 Å². The third-order valence-electron chi connectivity index (χ3n) is 6.33. The average Bonchev–Trinajstić information content (AvgIpc) is 3.12. The summed E-state index contributed by atoms with van der Waals surface area (Å²) < 4.78 is 19.9. The number of hydrogen-bond donors (Lipinski definition) is 1. The van der Waals surface area contributed by atoms with Gasteiger partial charge in [0.1, 0.15) is 5.82 Å². The van der Waals surface area contributed by atoms with Crippen molar-refractivity contribution in [2.24, 2.45) is 0 Å². The molecule has 0 aliphatic carbocycles. The van der Waals surface area contributed by atoms with Crippen molar-refractivity contribution in [2.75, 3.05) is 32.8 Å². The van der Waals surface area contributed by atoms with E-state index < -0.39 is 0 Å². The number of nitrogens with zero attached hydrogens (tertiary/aromatic N) is 2. The Morgan fingerprint density at radius 2 is 2.00 bits per heavy atom. The Balaban J connectivity index is 1.26. The van der Waals surface area contributed by atoms with Gasteiger partial charge < -0.3 is 15.0 Å². The van der Waals surface area contributed by atoms with Crippen LogP contribution in [-0.4, -0.2) is 60.3 Å². The van der Waals surface area contributed by atoms with E-state index in [0.29, 0.717) is 6.54 Å². The van der Waals surface area contributed by atoms with Crippen LogP contribution in [0, 0.1) is 5.82 Å². The molecule has 4 rings (SSSR count). The summed E-state index contributed by atoms with van der Waals surface area (Å²) in [5.74, 6) is -0.153. The Morgan fingerprint density at radius 3 is 2.74 bits per heavy atom. The zero-order chi connectivity index (χ0) is 18.7. The highest BCUT2D eigenvalue weighted by Crippen LogP contribution is 2.35. The second-order valence-corrected chi connectivity index (χ2v) is 8.24. The summed E-state index contributed by atoms with van der Waals surface area (Å²) in [5.41, 5.74) is 0.764. The topological polar surface area (TPSA) is 44.8 Å². The molecular weight excluding hydrogens is 345 g/mol. The lowest BCUT2D eigenvalue weighted by molar-refractivity contribution is -0.0363. The monoisotopic (exact) mass is 375 g/mol. The molecule has 3 heterocycles. The number of hydrogen-bond acceptors (Lipinski definition) is 3. The van der Waals surface area contributed by atoms with Gasteiger partial charge >= 0.3 is 6.03 Å². The molecule has 1 N–H and O–H groups in total. The number of urea groups is 1. The third kappa shape index (κ3) is 4.43. The molecule has 0 radical (unpaired) electrons. The van der Waals surface area contributed by atoms with Crippen LogP contribution in [-0.2, 0) is 11.3 Å². The van der Waals surface area contributed by atoms with Crippen LogP contribution in [0.1, 0.15) is 44.1 Å². The fourth-order valence-electron chi connectivity index (χ4n) is 4.72. The van der Waals surface area contributed by atoms with E-state index in [9.17, 15) is 9.18 Å². The molecule has 0 saturated carbocycles. The lowest BCUT2D eigenvalue weighted by atomic mass is 9.89. The molecule has 3 aliphatic rings. The van der Waals surface area contributed by atoms with E-state index in [2.05, 4.69) is 10.2 Å². The lowest BCUT2D eigenvalue weighted by Gasteiger charge is -2.40. The summed E-state index contributed by atoms with van der Waals surface area (Å²) in [5, 5.41) is 3.21. The van der Waals surface area contributed by atoms with Gasteiger partial charge in [-0.15, -0.1) is 0 Å². The van der Waals surface area contributed by atoms with Gasteiger partial charge in [0.2, 0.25) is 0 Å². The van der Waals surface area contributed by atoms with Crippen molar-refractivity contribution < 1.29 is 13.9 Å². The minimum atomic E-state index is -0.153. The van der Waals surface area contributed by atoms with Crippen molar-refractivity contribution in [3.05, 3.63) is 35.6 Å².